The maximum absolute atomic E-state index is 10.6. The van der Waals surface area contributed by atoms with Crippen molar-refractivity contribution in [1.29, 1.82) is 0 Å². The van der Waals surface area contributed by atoms with Crippen molar-refractivity contribution in [2.45, 2.75) is 31.4 Å². The fraction of sp³-hybridized carbons (Fsp3) is 0.500. The first kappa shape index (κ1) is 10.8. The lowest BCUT2D eigenvalue weighted by Gasteiger charge is -2.16. The third-order valence-electron chi connectivity index (χ3n) is 2.71. The van der Waals surface area contributed by atoms with Crippen molar-refractivity contribution < 1.29 is 9.66 Å². The van der Waals surface area contributed by atoms with Crippen LogP contribution in [0.2, 0.25) is 0 Å². The molecule has 16 heavy (non-hydrogen) atoms. The van der Waals surface area contributed by atoms with E-state index in [-0.39, 0.29) is 23.7 Å². The van der Waals surface area contributed by atoms with Crippen LogP contribution in [0.4, 0.5) is 5.69 Å². The molecular formula is C10H13N3O3. The molecule has 0 spiro atoms. The van der Waals surface area contributed by atoms with Crippen LogP contribution < -0.4 is 10.5 Å². The lowest BCUT2D eigenvalue weighted by atomic mass is 10.2. The third kappa shape index (κ3) is 2.27. The summed E-state index contributed by atoms with van der Waals surface area (Å²) < 4.78 is 5.54. The van der Waals surface area contributed by atoms with E-state index in [9.17, 15) is 10.1 Å². The number of nitro groups is 1. The van der Waals surface area contributed by atoms with Gasteiger partial charge in [-0.3, -0.25) is 10.1 Å². The van der Waals surface area contributed by atoms with Gasteiger partial charge in [0.2, 0.25) is 5.88 Å². The lowest BCUT2D eigenvalue weighted by molar-refractivity contribution is -0.385. The highest BCUT2D eigenvalue weighted by atomic mass is 16.6. The largest absolute Gasteiger partial charge is 0.473 e. The molecule has 1 aliphatic rings. The first-order valence-electron chi connectivity index (χ1n) is 5.19. The van der Waals surface area contributed by atoms with Gasteiger partial charge in [-0.05, 0) is 19.3 Å². The second-order valence-electron chi connectivity index (χ2n) is 3.86. The lowest BCUT2D eigenvalue weighted by Crippen LogP contribution is -2.33. The summed E-state index contributed by atoms with van der Waals surface area (Å²) in [5.74, 6) is 0.275. The molecule has 2 atom stereocenters. The Morgan fingerprint density at radius 2 is 2.38 bits per heavy atom. The van der Waals surface area contributed by atoms with Gasteiger partial charge in [0.1, 0.15) is 6.10 Å². The van der Waals surface area contributed by atoms with Crippen molar-refractivity contribution in [3.05, 3.63) is 28.4 Å². The van der Waals surface area contributed by atoms with Crippen LogP contribution in [0.5, 0.6) is 5.88 Å². The molecule has 1 fully saturated rings. The molecule has 2 N–H and O–H groups in total. The molecule has 1 heterocycles. The van der Waals surface area contributed by atoms with Crippen molar-refractivity contribution in [2.24, 2.45) is 5.73 Å². The molecule has 0 radical (unpaired) electrons. The van der Waals surface area contributed by atoms with E-state index in [1.807, 2.05) is 0 Å². The van der Waals surface area contributed by atoms with Gasteiger partial charge in [-0.25, -0.2) is 4.98 Å². The Balaban J connectivity index is 2.09. The van der Waals surface area contributed by atoms with E-state index in [4.69, 9.17) is 10.5 Å². The maximum Gasteiger partial charge on any atom is 0.276 e. The summed E-state index contributed by atoms with van der Waals surface area (Å²) in [6.45, 7) is 0. The van der Waals surface area contributed by atoms with Gasteiger partial charge >= 0.3 is 0 Å². The average Bonchev–Trinajstić information content (AvgIpc) is 2.65. The number of aromatic nitrogens is 1. The van der Waals surface area contributed by atoms with Gasteiger partial charge in [0.05, 0.1) is 11.0 Å². The van der Waals surface area contributed by atoms with Crippen LogP contribution in [0.15, 0.2) is 18.3 Å². The number of hydrogen-bond donors (Lipinski definition) is 1. The van der Waals surface area contributed by atoms with Crippen molar-refractivity contribution in [3.63, 3.8) is 0 Å². The van der Waals surface area contributed by atoms with E-state index in [1.165, 1.54) is 18.3 Å². The van der Waals surface area contributed by atoms with Gasteiger partial charge in [0.25, 0.3) is 5.69 Å². The van der Waals surface area contributed by atoms with Gasteiger partial charge in [-0.1, -0.05) is 0 Å². The highest BCUT2D eigenvalue weighted by Gasteiger charge is 2.26. The zero-order valence-electron chi connectivity index (χ0n) is 8.70. The van der Waals surface area contributed by atoms with Crippen molar-refractivity contribution >= 4 is 5.69 Å². The van der Waals surface area contributed by atoms with Crippen LogP contribution in [-0.4, -0.2) is 22.1 Å². The van der Waals surface area contributed by atoms with E-state index in [2.05, 4.69) is 4.98 Å². The molecule has 2 unspecified atom stereocenters. The Morgan fingerprint density at radius 1 is 1.56 bits per heavy atom. The minimum atomic E-state index is -0.469. The van der Waals surface area contributed by atoms with Crippen molar-refractivity contribution in [2.75, 3.05) is 0 Å². The Morgan fingerprint density at radius 3 is 3.00 bits per heavy atom. The van der Waals surface area contributed by atoms with Crippen LogP contribution in [0, 0.1) is 10.1 Å². The standard InChI is InChI=1S/C10H13N3O3/c11-8-2-1-3-9(8)16-10-6-7(13(14)15)4-5-12-10/h4-6,8-9H,1-3,11H2. The molecule has 0 saturated heterocycles. The SMILES string of the molecule is NC1CCCC1Oc1cc([N+](=O)[O-])ccn1. The Labute approximate surface area is 92.6 Å². The van der Waals surface area contributed by atoms with Gasteiger partial charge in [0.15, 0.2) is 0 Å². The van der Waals surface area contributed by atoms with Crippen molar-refractivity contribution in [3.8, 4) is 5.88 Å². The second-order valence-corrected chi connectivity index (χ2v) is 3.86. The van der Waals surface area contributed by atoms with Crippen LogP contribution in [0.1, 0.15) is 19.3 Å². The van der Waals surface area contributed by atoms with E-state index < -0.39 is 4.92 Å². The fourth-order valence-corrected chi connectivity index (χ4v) is 1.83. The minimum Gasteiger partial charge on any atom is -0.473 e. The molecule has 0 bridgehead atoms. The van der Waals surface area contributed by atoms with Crippen molar-refractivity contribution in [1.82, 2.24) is 4.98 Å². The maximum atomic E-state index is 10.6. The van der Waals surface area contributed by atoms with Crippen LogP contribution in [0.25, 0.3) is 0 Å². The van der Waals surface area contributed by atoms with Gasteiger partial charge in [-0.15, -0.1) is 0 Å². The summed E-state index contributed by atoms with van der Waals surface area (Å²) in [7, 11) is 0. The molecule has 6 heteroatoms. The molecule has 1 aromatic rings. The molecule has 1 aromatic heterocycles. The predicted octanol–water partition coefficient (Wildman–Crippen LogP) is 1.25. The molecule has 1 aliphatic carbocycles. The molecule has 86 valence electrons. The number of ether oxygens (including phenoxy) is 1. The molecular weight excluding hydrogens is 210 g/mol. The summed E-state index contributed by atoms with van der Waals surface area (Å²) in [5.41, 5.74) is 5.82. The summed E-state index contributed by atoms with van der Waals surface area (Å²) in [6, 6.07) is 2.66. The number of nitrogens with zero attached hydrogens (tertiary/aromatic N) is 2. The topological polar surface area (TPSA) is 91.3 Å². The van der Waals surface area contributed by atoms with Gasteiger partial charge in [0, 0.05) is 18.3 Å². The summed E-state index contributed by atoms with van der Waals surface area (Å²) in [4.78, 5) is 14.0. The fourth-order valence-electron chi connectivity index (χ4n) is 1.83. The number of pyridine rings is 1. The smallest absolute Gasteiger partial charge is 0.276 e. The molecule has 6 nitrogen and oxygen atoms in total. The molecule has 0 aromatic carbocycles. The quantitative estimate of drug-likeness (QED) is 0.615. The summed E-state index contributed by atoms with van der Waals surface area (Å²) in [5, 5.41) is 10.6. The van der Waals surface area contributed by atoms with E-state index in [0.717, 1.165) is 19.3 Å². The van der Waals surface area contributed by atoms with Crippen LogP contribution in [0.3, 0.4) is 0 Å². The highest BCUT2D eigenvalue weighted by molar-refractivity contribution is 5.32. The predicted molar refractivity (Wildman–Crippen MR) is 57.1 cm³/mol. The number of hydrogen-bond acceptors (Lipinski definition) is 5. The number of rotatable bonds is 3. The second kappa shape index (κ2) is 4.44. The average molecular weight is 223 g/mol. The summed E-state index contributed by atoms with van der Waals surface area (Å²) >= 11 is 0. The highest BCUT2D eigenvalue weighted by Crippen LogP contribution is 2.24. The Hall–Kier alpha value is -1.69. The van der Waals surface area contributed by atoms with E-state index in [1.54, 1.807) is 0 Å². The van der Waals surface area contributed by atoms with Gasteiger partial charge in [-0.2, -0.15) is 0 Å². The monoisotopic (exact) mass is 223 g/mol. The van der Waals surface area contributed by atoms with Crippen LogP contribution >= 0.6 is 0 Å². The molecule has 0 aliphatic heterocycles. The first-order valence-corrected chi connectivity index (χ1v) is 5.19. The molecule has 2 rings (SSSR count). The van der Waals surface area contributed by atoms with E-state index >= 15 is 0 Å². The van der Waals surface area contributed by atoms with Gasteiger partial charge < -0.3 is 10.5 Å². The zero-order chi connectivity index (χ0) is 11.5. The Bertz CT molecular complexity index is 397. The van der Waals surface area contributed by atoms with E-state index in [0.29, 0.717) is 0 Å². The molecule has 0 amide bonds. The zero-order valence-corrected chi connectivity index (χ0v) is 8.70. The Kier molecular flexibility index (Phi) is 3.00. The minimum absolute atomic E-state index is 0.000984. The third-order valence-corrected chi connectivity index (χ3v) is 2.71. The summed E-state index contributed by atoms with van der Waals surface area (Å²) in [6.07, 6.45) is 4.13. The molecule has 1 saturated carbocycles. The van der Waals surface area contributed by atoms with Crippen LogP contribution in [-0.2, 0) is 0 Å². The number of nitrogens with two attached hydrogens (primary N) is 1. The normalized spacial score (nSPS) is 24.3. The first-order chi connectivity index (χ1) is 7.66.